The van der Waals surface area contributed by atoms with Crippen LogP contribution in [0.4, 0.5) is 10.1 Å². The van der Waals surface area contributed by atoms with Gasteiger partial charge in [-0.3, -0.25) is 4.79 Å². The third kappa shape index (κ3) is 13.6. The summed E-state index contributed by atoms with van der Waals surface area (Å²) in [5.41, 5.74) is 3.08. The maximum atomic E-state index is 14.5. The zero-order chi connectivity index (χ0) is 28.4. The summed E-state index contributed by atoms with van der Waals surface area (Å²) in [6, 6.07) is 12.4. The third-order valence-corrected chi connectivity index (χ3v) is 8.07. The van der Waals surface area contributed by atoms with E-state index in [4.69, 9.17) is 9.47 Å². The lowest BCUT2D eigenvalue weighted by molar-refractivity contribution is -0.118. The van der Waals surface area contributed by atoms with Crippen LogP contribution in [-0.4, -0.2) is 29.9 Å². The largest absolute Gasteiger partial charge is 0.487 e. The fourth-order valence-corrected chi connectivity index (χ4v) is 5.70. The number of para-hydroxylation sites is 1. The van der Waals surface area contributed by atoms with E-state index in [9.17, 15) is 9.18 Å². The van der Waals surface area contributed by atoms with Crippen molar-refractivity contribution in [2.75, 3.05) is 24.4 Å². The molecule has 0 saturated carbocycles. The normalized spacial score (nSPS) is 12.6. The van der Waals surface area contributed by atoms with Crippen LogP contribution < -0.4 is 14.8 Å². The number of rotatable bonds is 20. The van der Waals surface area contributed by atoms with E-state index in [-0.39, 0.29) is 41.0 Å². The van der Waals surface area contributed by atoms with Crippen molar-refractivity contribution in [3.05, 3.63) is 65.0 Å². The summed E-state index contributed by atoms with van der Waals surface area (Å²) in [4.78, 5) is 14.9. The quantitative estimate of drug-likeness (QED) is 0.145. The Morgan fingerprint density at radius 1 is 0.927 bits per heavy atom. The Bertz CT molecular complexity index is 1070. The molecule has 0 spiro atoms. The molecule has 0 atom stereocenters. The van der Waals surface area contributed by atoms with E-state index < -0.39 is 5.82 Å². The number of anilines is 1. The molecule has 0 aliphatic carbocycles. The number of halogens is 2. The summed E-state index contributed by atoms with van der Waals surface area (Å²) in [6.45, 7) is 5.35. The zero-order valence-electron chi connectivity index (χ0n) is 24.8. The molecule has 5 nitrogen and oxygen atoms in total. The second kappa shape index (κ2) is 20.6. The summed E-state index contributed by atoms with van der Waals surface area (Å²) >= 11 is 1.78. The van der Waals surface area contributed by atoms with Crippen LogP contribution in [0.2, 0.25) is 0 Å². The first kappa shape index (κ1) is 35.0. The molecular formula is C33H48BrFN2O3S. The molecule has 0 radical (unpaired) electrons. The number of allylic oxidation sites excluding steroid dienone is 1. The van der Waals surface area contributed by atoms with Crippen molar-refractivity contribution in [1.82, 2.24) is 4.90 Å². The second-order valence-electron chi connectivity index (χ2n) is 10.6. The van der Waals surface area contributed by atoms with Crippen LogP contribution in [0.15, 0.2) is 53.6 Å². The molecule has 1 aliphatic rings. The van der Waals surface area contributed by atoms with Gasteiger partial charge in [-0.2, -0.15) is 0 Å². The van der Waals surface area contributed by atoms with Crippen molar-refractivity contribution in [2.24, 2.45) is 0 Å². The number of hydrogen-bond acceptors (Lipinski definition) is 5. The van der Waals surface area contributed by atoms with Gasteiger partial charge in [-0.15, -0.1) is 28.7 Å². The fourth-order valence-electron chi connectivity index (χ4n) is 4.76. The minimum Gasteiger partial charge on any atom is -0.487 e. The molecule has 0 saturated heterocycles. The predicted octanol–water partition coefficient (Wildman–Crippen LogP) is 9.87. The molecule has 228 valence electrons. The highest BCUT2D eigenvalue weighted by molar-refractivity contribution is 8.93. The number of carbonyl (C=O) groups is 1. The first-order chi connectivity index (χ1) is 19.6. The Morgan fingerprint density at radius 2 is 1.59 bits per heavy atom. The van der Waals surface area contributed by atoms with Crippen molar-refractivity contribution in [3.8, 4) is 11.5 Å². The van der Waals surface area contributed by atoms with Crippen molar-refractivity contribution in [1.29, 1.82) is 0 Å². The summed E-state index contributed by atoms with van der Waals surface area (Å²) in [6.07, 6.45) is 15.1. The number of thioether (sulfide) groups is 1. The van der Waals surface area contributed by atoms with Crippen LogP contribution in [0.25, 0.3) is 0 Å². The first-order valence-electron chi connectivity index (χ1n) is 15.0. The molecule has 2 aromatic carbocycles. The minimum atomic E-state index is -0.478. The molecule has 1 aliphatic heterocycles. The van der Waals surface area contributed by atoms with Crippen LogP contribution >= 0.6 is 28.7 Å². The molecule has 1 N–H and O–H groups in total. The summed E-state index contributed by atoms with van der Waals surface area (Å²) in [5.74, 6) is 0.479. The summed E-state index contributed by atoms with van der Waals surface area (Å²) in [5, 5.41) is 5.04. The van der Waals surface area contributed by atoms with Gasteiger partial charge in [0.1, 0.15) is 0 Å². The van der Waals surface area contributed by atoms with Gasteiger partial charge in [-0.05, 0) is 48.6 Å². The van der Waals surface area contributed by atoms with Crippen LogP contribution in [0.5, 0.6) is 11.5 Å². The molecule has 1 amide bonds. The maximum absolute atomic E-state index is 14.5. The van der Waals surface area contributed by atoms with E-state index >= 15 is 0 Å². The highest BCUT2D eigenvalue weighted by Gasteiger charge is 2.14. The van der Waals surface area contributed by atoms with E-state index in [1.807, 2.05) is 18.2 Å². The van der Waals surface area contributed by atoms with Crippen molar-refractivity contribution in [2.45, 2.75) is 97.4 Å². The first-order valence-corrected chi connectivity index (χ1v) is 16.1. The third-order valence-electron chi connectivity index (χ3n) is 7.10. The molecule has 41 heavy (non-hydrogen) atoms. The number of ether oxygens (including phenoxy) is 2. The maximum Gasteiger partial charge on any atom is 0.262 e. The van der Waals surface area contributed by atoms with Crippen molar-refractivity contribution >= 4 is 40.3 Å². The molecule has 0 unspecified atom stereocenters. The number of benzene rings is 2. The van der Waals surface area contributed by atoms with Gasteiger partial charge in [0.25, 0.3) is 5.91 Å². The van der Waals surface area contributed by atoms with Crippen LogP contribution in [-0.2, 0) is 11.3 Å². The van der Waals surface area contributed by atoms with E-state index in [0.29, 0.717) is 12.3 Å². The van der Waals surface area contributed by atoms with Gasteiger partial charge in [0, 0.05) is 17.9 Å². The number of unbranched alkanes of at least 4 members (excludes halogenated alkanes) is 11. The Balaban J connectivity index is 0.00000588. The topological polar surface area (TPSA) is 50.8 Å². The standard InChI is InChI=1S/C33H47FN2O3S.BrH/c1-3-4-5-6-7-8-9-10-11-12-13-14-21-38-33-30(34)19-16-20-31(33)39-24-32(37)35-29-18-15-17-28(22-29)23-36-26-40-25-27(36)2;/h15-20,22,25H,3-14,21,23-24,26H2,1-2H3,(H,35,37);1H. The summed E-state index contributed by atoms with van der Waals surface area (Å²) < 4.78 is 25.9. The number of amides is 1. The average molecular weight is 652 g/mol. The highest BCUT2D eigenvalue weighted by Crippen LogP contribution is 2.30. The number of nitrogens with zero attached hydrogens (tertiary/aromatic N) is 1. The van der Waals surface area contributed by atoms with Crippen LogP contribution in [0.1, 0.15) is 96.5 Å². The molecular weight excluding hydrogens is 603 g/mol. The second-order valence-corrected chi connectivity index (χ2v) is 11.4. The summed E-state index contributed by atoms with van der Waals surface area (Å²) in [7, 11) is 0. The smallest absolute Gasteiger partial charge is 0.262 e. The number of carbonyl (C=O) groups excluding carboxylic acids is 1. The zero-order valence-corrected chi connectivity index (χ0v) is 27.3. The van der Waals surface area contributed by atoms with Crippen LogP contribution in [0.3, 0.4) is 0 Å². The SMILES string of the molecule is Br.CCCCCCCCCCCCCCOc1c(F)cccc1OCC(=O)Nc1cccc(CN2CSC=C2C)c1. The Kier molecular flexibility index (Phi) is 17.6. The van der Waals surface area contributed by atoms with Crippen molar-refractivity contribution < 1.29 is 18.7 Å². The monoisotopic (exact) mass is 650 g/mol. The molecule has 0 fully saturated rings. The fraction of sp³-hybridized carbons (Fsp3) is 0.545. The lowest BCUT2D eigenvalue weighted by Gasteiger charge is -2.19. The minimum absolute atomic E-state index is 0. The predicted molar refractivity (Wildman–Crippen MR) is 176 cm³/mol. The lowest BCUT2D eigenvalue weighted by Crippen LogP contribution is -2.21. The molecule has 3 rings (SSSR count). The van der Waals surface area contributed by atoms with Gasteiger partial charge < -0.3 is 19.7 Å². The molecule has 0 bridgehead atoms. The van der Waals surface area contributed by atoms with Crippen LogP contribution in [0, 0.1) is 5.82 Å². The van der Waals surface area contributed by atoms with Gasteiger partial charge in [-0.1, -0.05) is 95.8 Å². The Labute approximate surface area is 261 Å². The Hall–Kier alpha value is -2.19. The molecule has 8 heteroatoms. The molecule has 2 aromatic rings. The number of hydrogen-bond donors (Lipinski definition) is 1. The van der Waals surface area contributed by atoms with E-state index in [1.54, 1.807) is 23.9 Å². The highest BCUT2D eigenvalue weighted by atomic mass is 79.9. The van der Waals surface area contributed by atoms with Gasteiger partial charge in [-0.25, -0.2) is 4.39 Å². The molecule has 0 aromatic heterocycles. The van der Waals surface area contributed by atoms with Gasteiger partial charge in [0.2, 0.25) is 0 Å². The van der Waals surface area contributed by atoms with Gasteiger partial charge in [0.15, 0.2) is 23.9 Å². The lowest BCUT2D eigenvalue weighted by atomic mass is 10.1. The van der Waals surface area contributed by atoms with Gasteiger partial charge >= 0.3 is 0 Å². The number of nitrogens with one attached hydrogen (secondary N) is 1. The Morgan fingerprint density at radius 3 is 2.24 bits per heavy atom. The van der Waals surface area contributed by atoms with E-state index in [2.05, 4.69) is 35.5 Å². The van der Waals surface area contributed by atoms with Crippen molar-refractivity contribution in [3.63, 3.8) is 0 Å². The van der Waals surface area contributed by atoms with E-state index in [1.165, 1.54) is 76.0 Å². The van der Waals surface area contributed by atoms with E-state index in [0.717, 1.165) is 30.8 Å². The average Bonchev–Trinajstić information content (AvgIpc) is 3.35. The molecule has 1 heterocycles. The van der Waals surface area contributed by atoms with Gasteiger partial charge in [0.05, 0.1) is 12.5 Å².